The Morgan fingerprint density at radius 2 is 1.68 bits per heavy atom. The number of nitrogens with zero attached hydrogens (tertiary/aromatic N) is 1. The summed E-state index contributed by atoms with van der Waals surface area (Å²) in [7, 11) is 0. The summed E-state index contributed by atoms with van der Waals surface area (Å²) in [5.41, 5.74) is 6.58. The number of nitrogens with two attached hydrogens (primary N) is 1. The van der Waals surface area contributed by atoms with E-state index < -0.39 is 0 Å². The van der Waals surface area contributed by atoms with E-state index in [4.69, 9.17) is 5.73 Å². The molecule has 1 fully saturated rings. The highest BCUT2D eigenvalue weighted by molar-refractivity contribution is 4.90. The van der Waals surface area contributed by atoms with Crippen LogP contribution in [0.2, 0.25) is 0 Å². The molecule has 1 aliphatic rings. The van der Waals surface area contributed by atoms with E-state index in [1.807, 2.05) is 0 Å². The van der Waals surface area contributed by atoms with Crippen molar-refractivity contribution in [2.24, 2.45) is 5.73 Å². The molecular weight excluding hydrogens is 234 g/mol. The molecule has 0 aromatic carbocycles. The van der Waals surface area contributed by atoms with E-state index >= 15 is 0 Å². The van der Waals surface area contributed by atoms with Crippen molar-refractivity contribution in [1.82, 2.24) is 10.2 Å². The molecule has 0 aromatic rings. The molecular formula is C16H35N3. The van der Waals surface area contributed by atoms with Gasteiger partial charge in [0.15, 0.2) is 0 Å². The zero-order valence-electron chi connectivity index (χ0n) is 13.2. The van der Waals surface area contributed by atoms with Crippen LogP contribution in [0.4, 0.5) is 0 Å². The molecule has 0 amide bonds. The average Bonchev–Trinajstić information content (AvgIpc) is 2.42. The summed E-state index contributed by atoms with van der Waals surface area (Å²) in [5, 5.41) is 3.48. The molecule has 0 radical (unpaired) electrons. The van der Waals surface area contributed by atoms with Crippen LogP contribution in [0.25, 0.3) is 0 Å². The van der Waals surface area contributed by atoms with Gasteiger partial charge in [-0.15, -0.1) is 0 Å². The predicted octanol–water partition coefficient (Wildman–Crippen LogP) is 3.10. The Bertz CT molecular complexity index is 220. The second-order valence-corrected chi connectivity index (χ2v) is 6.14. The first kappa shape index (κ1) is 16.9. The first-order chi connectivity index (χ1) is 9.23. The summed E-state index contributed by atoms with van der Waals surface area (Å²) in [6, 6.07) is 0. The van der Waals surface area contributed by atoms with Crippen LogP contribution < -0.4 is 11.1 Å². The van der Waals surface area contributed by atoms with Crippen molar-refractivity contribution in [3.05, 3.63) is 0 Å². The van der Waals surface area contributed by atoms with Crippen LogP contribution in [-0.4, -0.2) is 36.7 Å². The molecule has 1 saturated heterocycles. The Morgan fingerprint density at radius 3 is 2.37 bits per heavy atom. The summed E-state index contributed by atoms with van der Waals surface area (Å²) >= 11 is 0. The monoisotopic (exact) mass is 269 g/mol. The molecule has 1 heterocycles. The fraction of sp³-hybridized carbons (Fsp3) is 1.00. The second kappa shape index (κ2) is 9.73. The minimum Gasteiger partial charge on any atom is -0.312 e. The number of unbranched alkanes of at least 4 members (excludes halogenated alkanes) is 6. The molecule has 114 valence electrons. The standard InChI is InChI=1S/C16H35N3/c1-3-5-7-9-11-16(17)15-18-12-14-19(16)13-10-8-6-4-2/h18H,3-15,17H2,1-2H3. The molecule has 3 nitrogen and oxygen atoms in total. The van der Waals surface area contributed by atoms with Crippen molar-refractivity contribution in [1.29, 1.82) is 0 Å². The summed E-state index contributed by atoms with van der Waals surface area (Å²) in [6.07, 6.45) is 11.7. The largest absolute Gasteiger partial charge is 0.312 e. The van der Waals surface area contributed by atoms with Crippen LogP contribution in [0.1, 0.15) is 71.6 Å². The van der Waals surface area contributed by atoms with E-state index in [-0.39, 0.29) is 5.66 Å². The fourth-order valence-corrected chi connectivity index (χ4v) is 3.02. The van der Waals surface area contributed by atoms with Crippen LogP contribution in [0.5, 0.6) is 0 Å². The normalized spacial score (nSPS) is 24.8. The summed E-state index contributed by atoms with van der Waals surface area (Å²) < 4.78 is 0. The molecule has 0 saturated carbocycles. The fourth-order valence-electron chi connectivity index (χ4n) is 3.02. The van der Waals surface area contributed by atoms with Crippen LogP contribution >= 0.6 is 0 Å². The molecule has 0 aliphatic carbocycles. The van der Waals surface area contributed by atoms with E-state index in [2.05, 4.69) is 24.1 Å². The topological polar surface area (TPSA) is 41.3 Å². The Labute approximate surface area is 120 Å². The van der Waals surface area contributed by atoms with Crippen LogP contribution in [-0.2, 0) is 0 Å². The molecule has 0 aromatic heterocycles. The van der Waals surface area contributed by atoms with Gasteiger partial charge >= 0.3 is 0 Å². The Hall–Kier alpha value is -0.120. The number of piperazine rings is 1. The lowest BCUT2D eigenvalue weighted by molar-refractivity contribution is 0.0528. The minimum atomic E-state index is -0.0851. The molecule has 1 aliphatic heterocycles. The summed E-state index contributed by atoms with van der Waals surface area (Å²) in [6.45, 7) is 8.91. The Balaban J connectivity index is 2.32. The minimum absolute atomic E-state index is 0.0851. The first-order valence-corrected chi connectivity index (χ1v) is 8.47. The third-order valence-corrected chi connectivity index (χ3v) is 4.36. The first-order valence-electron chi connectivity index (χ1n) is 8.47. The highest BCUT2D eigenvalue weighted by atomic mass is 15.3. The Morgan fingerprint density at radius 1 is 1.00 bits per heavy atom. The van der Waals surface area contributed by atoms with Crippen molar-refractivity contribution >= 4 is 0 Å². The highest BCUT2D eigenvalue weighted by Gasteiger charge is 2.33. The zero-order chi connectivity index (χ0) is 14.0. The zero-order valence-corrected chi connectivity index (χ0v) is 13.2. The number of rotatable bonds is 10. The lowest BCUT2D eigenvalue weighted by Gasteiger charge is -2.45. The molecule has 1 rings (SSSR count). The molecule has 1 atom stereocenters. The van der Waals surface area contributed by atoms with Gasteiger partial charge in [-0.3, -0.25) is 4.90 Å². The van der Waals surface area contributed by atoms with Gasteiger partial charge in [0.1, 0.15) is 0 Å². The maximum absolute atomic E-state index is 6.66. The van der Waals surface area contributed by atoms with Crippen LogP contribution in [0, 0.1) is 0 Å². The number of hydrogen-bond acceptors (Lipinski definition) is 3. The predicted molar refractivity (Wildman–Crippen MR) is 84.3 cm³/mol. The van der Waals surface area contributed by atoms with E-state index in [9.17, 15) is 0 Å². The third-order valence-electron chi connectivity index (χ3n) is 4.36. The highest BCUT2D eigenvalue weighted by Crippen LogP contribution is 2.20. The van der Waals surface area contributed by atoms with Gasteiger partial charge in [0.25, 0.3) is 0 Å². The molecule has 19 heavy (non-hydrogen) atoms. The molecule has 1 unspecified atom stereocenters. The molecule has 0 spiro atoms. The van der Waals surface area contributed by atoms with Gasteiger partial charge in [-0.05, 0) is 19.4 Å². The average molecular weight is 269 g/mol. The van der Waals surface area contributed by atoms with Crippen molar-refractivity contribution in [2.75, 3.05) is 26.2 Å². The van der Waals surface area contributed by atoms with Crippen molar-refractivity contribution in [3.8, 4) is 0 Å². The van der Waals surface area contributed by atoms with Gasteiger partial charge in [0, 0.05) is 19.6 Å². The van der Waals surface area contributed by atoms with Crippen LogP contribution in [0.15, 0.2) is 0 Å². The lowest BCUT2D eigenvalue weighted by Crippen LogP contribution is -2.66. The maximum Gasteiger partial charge on any atom is 0.0815 e. The van der Waals surface area contributed by atoms with Gasteiger partial charge in [-0.1, -0.05) is 58.8 Å². The number of hydrogen-bond donors (Lipinski definition) is 2. The van der Waals surface area contributed by atoms with Gasteiger partial charge in [-0.2, -0.15) is 0 Å². The summed E-state index contributed by atoms with van der Waals surface area (Å²) in [5.74, 6) is 0. The van der Waals surface area contributed by atoms with Crippen molar-refractivity contribution in [3.63, 3.8) is 0 Å². The van der Waals surface area contributed by atoms with E-state index in [0.717, 1.165) is 26.1 Å². The quantitative estimate of drug-likeness (QED) is 0.599. The van der Waals surface area contributed by atoms with E-state index in [1.54, 1.807) is 0 Å². The maximum atomic E-state index is 6.66. The SMILES string of the molecule is CCCCCCN1CCNCC1(N)CCCCCC. The second-order valence-electron chi connectivity index (χ2n) is 6.14. The summed E-state index contributed by atoms with van der Waals surface area (Å²) in [4.78, 5) is 2.55. The van der Waals surface area contributed by atoms with Crippen molar-refractivity contribution in [2.45, 2.75) is 77.3 Å². The van der Waals surface area contributed by atoms with Crippen LogP contribution in [0.3, 0.4) is 0 Å². The van der Waals surface area contributed by atoms with E-state index in [0.29, 0.717) is 0 Å². The van der Waals surface area contributed by atoms with Gasteiger partial charge in [0.2, 0.25) is 0 Å². The van der Waals surface area contributed by atoms with E-state index in [1.165, 1.54) is 57.9 Å². The molecule has 0 bridgehead atoms. The third kappa shape index (κ3) is 6.24. The van der Waals surface area contributed by atoms with Gasteiger partial charge in [-0.25, -0.2) is 0 Å². The van der Waals surface area contributed by atoms with Gasteiger partial charge < -0.3 is 11.1 Å². The lowest BCUT2D eigenvalue weighted by atomic mass is 9.97. The van der Waals surface area contributed by atoms with Crippen molar-refractivity contribution < 1.29 is 0 Å². The van der Waals surface area contributed by atoms with Gasteiger partial charge in [0.05, 0.1) is 5.66 Å². The molecule has 3 N–H and O–H groups in total. The number of nitrogens with one attached hydrogen (secondary N) is 1. The molecule has 3 heteroatoms. The smallest absolute Gasteiger partial charge is 0.0815 e. The Kier molecular flexibility index (Phi) is 8.67.